The van der Waals surface area contributed by atoms with Crippen molar-refractivity contribution in [2.45, 2.75) is 26.2 Å². The molecule has 96 valence electrons. The number of carbonyl (C=O) groups excluding carboxylic acids is 1. The number of rotatable bonds is 2. The Morgan fingerprint density at radius 3 is 2.22 bits per heavy atom. The molecule has 1 fully saturated rings. The van der Waals surface area contributed by atoms with Crippen molar-refractivity contribution in [1.82, 2.24) is 0 Å². The summed E-state index contributed by atoms with van der Waals surface area (Å²) in [6.07, 6.45) is 0.417. The lowest BCUT2D eigenvalue weighted by Gasteiger charge is -2.12. The Morgan fingerprint density at radius 1 is 1.39 bits per heavy atom. The Bertz CT molecular complexity index is 452. The number of aromatic carboxylic acids is 1. The highest BCUT2D eigenvalue weighted by Crippen LogP contribution is 2.18. The van der Waals surface area contributed by atoms with Crippen molar-refractivity contribution in [3.63, 3.8) is 0 Å². The summed E-state index contributed by atoms with van der Waals surface area (Å²) < 4.78 is 4.31. The lowest BCUT2D eigenvalue weighted by Crippen LogP contribution is -2.15. The molecule has 0 unspecified atom stereocenters. The fourth-order valence-corrected chi connectivity index (χ4v) is 1.51. The molecule has 1 aliphatic heterocycles. The highest BCUT2D eigenvalue weighted by Gasteiger charge is 2.17. The quantitative estimate of drug-likeness (QED) is 0.817. The van der Waals surface area contributed by atoms with Crippen LogP contribution < -0.4 is 0 Å². The van der Waals surface area contributed by atoms with Gasteiger partial charge in [0.15, 0.2) is 0 Å². The van der Waals surface area contributed by atoms with Gasteiger partial charge in [0.1, 0.15) is 12.2 Å². The van der Waals surface area contributed by atoms with Gasteiger partial charge < -0.3 is 9.84 Å². The average molecular weight is 248 g/mol. The molecule has 0 atom stereocenters. The van der Waals surface area contributed by atoms with Crippen LogP contribution in [0.4, 0.5) is 0 Å². The van der Waals surface area contributed by atoms with Crippen LogP contribution in [-0.2, 0) is 9.53 Å². The van der Waals surface area contributed by atoms with Crippen LogP contribution in [-0.4, -0.2) is 17.0 Å². The molecule has 1 N–H and O–H groups in total. The van der Waals surface area contributed by atoms with Crippen LogP contribution in [0.3, 0.4) is 0 Å². The van der Waals surface area contributed by atoms with Crippen molar-refractivity contribution >= 4 is 11.9 Å². The van der Waals surface area contributed by atoms with Gasteiger partial charge in [-0.2, -0.15) is 0 Å². The van der Waals surface area contributed by atoms with Gasteiger partial charge in [-0.05, 0) is 17.5 Å². The monoisotopic (exact) mass is 248 g/mol. The number of hydrogen-bond donors (Lipinski definition) is 1. The Balaban J connectivity index is 0.000000225. The fraction of sp³-hybridized carbons (Fsp3) is 0.286. The van der Waals surface area contributed by atoms with Gasteiger partial charge in [-0.15, -0.1) is 0 Å². The molecule has 18 heavy (non-hydrogen) atoms. The molecule has 4 nitrogen and oxygen atoms in total. The van der Waals surface area contributed by atoms with E-state index in [4.69, 9.17) is 5.11 Å². The van der Waals surface area contributed by atoms with Crippen molar-refractivity contribution in [1.29, 1.82) is 0 Å². The summed E-state index contributed by atoms with van der Waals surface area (Å²) >= 11 is 0. The van der Waals surface area contributed by atoms with Crippen LogP contribution in [0.5, 0.6) is 0 Å². The van der Waals surface area contributed by atoms with Gasteiger partial charge in [0, 0.05) is 0 Å². The van der Waals surface area contributed by atoms with Gasteiger partial charge >= 0.3 is 11.9 Å². The maximum Gasteiger partial charge on any atom is 0.335 e. The smallest absolute Gasteiger partial charge is 0.335 e. The van der Waals surface area contributed by atoms with Crippen LogP contribution in [0.25, 0.3) is 0 Å². The molecule has 0 saturated carbocycles. The van der Waals surface area contributed by atoms with E-state index in [1.54, 1.807) is 12.1 Å². The average Bonchev–Trinajstić information content (AvgIpc) is 2.28. The molecule has 1 aromatic carbocycles. The molecule has 0 spiro atoms. The summed E-state index contributed by atoms with van der Waals surface area (Å²) in [7, 11) is 0. The SMILES string of the molecule is C=C1CC(=O)O1.CC(C)c1ccccc1C(=O)O. The second-order valence-corrected chi connectivity index (χ2v) is 4.24. The lowest BCUT2D eigenvalue weighted by molar-refractivity contribution is -0.148. The van der Waals surface area contributed by atoms with Gasteiger partial charge in [0.2, 0.25) is 0 Å². The zero-order valence-electron chi connectivity index (χ0n) is 10.5. The van der Waals surface area contributed by atoms with E-state index in [1.165, 1.54) is 0 Å². The minimum atomic E-state index is -0.848. The summed E-state index contributed by atoms with van der Waals surface area (Å²) in [6, 6.07) is 7.10. The van der Waals surface area contributed by atoms with Crippen molar-refractivity contribution in [3.05, 3.63) is 47.7 Å². The molecule has 1 aromatic rings. The van der Waals surface area contributed by atoms with E-state index in [0.29, 0.717) is 17.7 Å². The molecule has 0 amide bonds. The number of carboxylic acid groups (broad SMARTS) is 1. The topological polar surface area (TPSA) is 63.6 Å². The molecule has 0 aliphatic carbocycles. The third-order valence-electron chi connectivity index (χ3n) is 2.41. The lowest BCUT2D eigenvalue weighted by atomic mass is 9.97. The number of hydrogen-bond acceptors (Lipinski definition) is 3. The van der Waals surface area contributed by atoms with Crippen molar-refractivity contribution in [2.24, 2.45) is 0 Å². The van der Waals surface area contributed by atoms with Gasteiger partial charge in [-0.1, -0.05) is 38.6 Å². The first kappa shape index (κ1) is 14.0. The standard InChI is InChI=1S/C10H12O2.C4H4O2/c1-7(2)8-5-3-4-6-9(8)10(11)12;1-3-2-4(5)6-3/h3-7H,1-2H3,(H,11,12);1-2H2. The maximum absolute atomic E-state index is 10.7. The number of ether oxygens (including phenoxy) is 1. The number of esters is 1. The van der Waals surface area contributed by atoms with Crippen molar-refractivity contribution in [3.8, 4) is 0 Å². The van der Waals surface area contributed by atoms with Gasteiger partial charge in [0.05, 0.1) is 5.56 Å². The number of cyclic esters (lactones) is 1. The Kier molecular flexibility index (Phi) is 4.66. The first-order valence-electron chi connectivity index (χ1n) is 5.62. The maximum atomic E-state index is 10.7. The summed E-state index contributed by atoms with van der Waals surface area (Å²) in [5.74, 6) is -0.170. The summed E-state index contributed by atoms with van der Waals surface area (Å²) in [4.78, 5) is 20.6. The van der Waals surface area contributed by atoms with Gasteiger partial charge in [-0.25, -0.2) is 4.79 Å². The third-order valence-corrected chi connectivity index (χ3v) is 2.41. The van der Waals surface area contributed by atoms with Crippen LogP contribution in [0.2, 0.25) is 0 Å². The Labute approximate surface area is 106 Å². The number of carbonyl (C=O) groups is 2. The predicted octanol–water partition coefficient (Wildman–Crippen LogP) is 2.96. The van der Waals surface area contributed by atoms with E-state index in [0.717, 1.165) is 5.56 Å². The van der Waals surface area contributed by atoms with E-state index in [-0.39, 0.29) is 11.9 Å². The molecular formula is C14H16O4. The van der Waals surface area contributed by atoms with Crippen LogP contribution in [0.15, 0.2) is 36.6 Å². The van der Waals surface area contributed by atoms with Gasteiger partial charge in [-0.3, -0.25) is 4.79 Å². The van der Waals surface area contributed by atoms with Crippen LogP contribution >= 0.6 is 0 Å². The van der Waals surface area contributed by atoms with Gasteiger partial charge in [0.25, 0.3) is 0 Å². The van der Waals surface area contributed by atoms with E-state index in [1.807, 2.05) is 26.0 Å². The normalized spacial score (nSPS) is 13.3. The predicted molar refractivity (Wildman–Crippen MR) is 67.3 cm³/mol. The third kappa shape index (κ3) is 3.73. The molecule has 4 heteroatoms. The molecular weight excluding hydrogens is 232 g/mol. The zero-order chi connectivity index (χ0) is 13.7. The molecule has 1 saturated heterocycles. The molecule has 2 rings (SSSR count). The summed E-state index contributed by atoms with van der Waals surface area (Å²) in [6.45, 7) is 7.34. The molecule has 1 aliphatic rings. The van der Waals surface area contributed by atoms with E-state index >= 15 is 0 Å². The number of benzene rings is 1. The number of carboxylic acids is 1. The summed E-state index contributed by atoms with van der Waals surface area (Å²) in [5, 5.41) is 8.81. The van der Waals surface area contributed by atoms with Crippen molar-refractivity contribution < 1.29 is 19.4 Å². The molecule has 0 aromatic heterocycles. The zero-order valence-corrected chi connectivity index (χ0v) is 10.5. The highest BCUT2D eigenvalue weighted by atomic mass is 16.6. The van der Waals surface area contributed by atoms with Crippen LogP contribution in [0, 0.1) is 0 Å². The van der Waals surface area contributed by atoms with E-state index in [9.17, 15) is 9.59 Å². The van der Waals surface area contributed by atoms with Crippen molar-refractivity contribution in [2.75, 3.05) is 0 Å². The minimum absolute atomic E-state index is 0.167. The van der Waals surface area contributed by atoms with E-state index < -0.39 is 5.97 Å². The van der Waals surface area contributed by atoms with Crippen LogP contribution in [0.1, 0.15) is 42.1 Å². The molecule has 1 heterocycles. The molecule has 0 bridgehead atoms. The fourth-order valence-electron chi connectivity index (χ4n) is 1.51. The first-order chi connectivity index (χ1) is 8.41. The summed E-state index contributed by atoms with van der Waals surface area (Å²) in [5.41, 5.74) is 1.30. The second kappa shape index (κ2) is 6.00. The second-order valence-electron chi connectivity index (χ2n) is 4.24. The van der Waals surface area contributed by atoms with E-state index in [2.05, 4.69) is 11.3 Å². The molecule has 0 radical (unpaired) electrons. The highest BCUT2D eigenvalue weighted by molar-refractivity contribution is 5.89. The first-order valence-corrected chi connectivity index (χ1v) is 5.62. The Hall–Kier alpha value is -2.10. The Morgan fingerprint density at radius 2 is 1.94 bits per heavy atom. The largest absolute Gasteiger partial charge is 0.478 e. The minimum Gasteiger partial charge on any atom is -0.478 e.